The molecule has 1 N–H and O–H groups in total. The molecule has 0 radical (unpaired) electrons. The van der Waals surface area contributed by atoms with Crippen molar-refractivity contribution in [2.45, 2.75) is 6.42 Å². The van der Waals surface area contributed by atoms with E-state index < -0.39 is 0 Å². The molecule has 5 heteroatoms. The number of rotatable bonds is 3. The van der Waals surface area contributed by atoms with Crippen molar-refractivity contribution in [2.75, 3.05) is 16.8 Å². The lowest BCUT2D eigenvalue weighted by Gasteiger charge is -2.16. The summed E-state index contributed by atoms with van der Waals surface area (Å²) in [5.41, 5.74) is 1.57. The molecule has 1 saturated heterocycles. The SMILES string of the molecule is O=C(Nc1ccccc1)[C@@H]1CC(=O)N(c2ccc(Br)cc2)C1. The summed E-state index contributed by atoms with van der Waals surface area (Å²) in [5.74, 6) is -0.453. The van der Waals surface area contributed by atoms with Crippen molar-refractivity contribution in [3.05, 3.63) is 59.1 Å². The van der Waals surface area contributed by atoms with Crippen LogP contribution in [0.25, 0.3) is 0 Å². The summed E-state index contributed by atoms with van der Waals surface area (Å²) in [5, 5.41) is 2.86. The average Bonchev–Trinajstić information content (AvgIpc) is 2.91. The van der Waals surface area contributed by atoms with Gasteiger partial charge in [0.15, 0.2) is 0 Å². The van der Waals surface area contributed by atoms with E-state index in [0.717, 1.165) is 15.8 Å². The van der Waals surface area contributed by atoms with Gasteiger partial charge >= 0.3 is 0 Å². The van der Waals surface area contributed by atoms with E-state index in [1.54, 1.807) is 4.90 Å². The quantitative estimate of drug-likeness (QED) is 0.913. The summed E-state index contributed by atoms with van der Waals surface area (Å²) in [6.45, 7) is 0.416. The third kappa shape index (κ3) is 3.20. The number of benzene rings is 2. The van der Waals surface area contributed by atoms with Crippen molar-refractivity contribution in [2.24, 2.45) is 5.92 Å². The minimum atomic E-state index is -0.323. The molecule has 2 aromatic rings. The Labute approximate surface area is 137 Å². The average molecular weight is 359 g/mol. The Morgan fingerprint density at radius 2 is 1.77 bits per heavy atom. The zero-order valence-electron chi connectivity index (χ0n) is 11.8. The molecule has 112 valence electrons. The van der Waals surface area contributed by atoms with Crippen LogP contribution in [-0.4, -0.2) is 18.4 Å². The fourth-order valence-corrected chi connectivity index (χ4v) is 2.78. The number of anilines is 2. The molecule has 0 aliphatic carbocycles. The zero-order valence-corrected chi connectivity index (χ0v) is 13.4. The van der Waals surface area contributed by atoms with E-state index in [2.05, 4.69) is 21.2 Å². The number of nitrogens with zero attached hydrogens (tertiary/aromatic N) is 1. The van der Waals surface area contributed by atoms with Gasteiger partial charge in [0.25, 0.3) is 0 Å². The monoisotopic (exact) mass is 358 g/mol. The number of hydrogen-bond donors (Lipinski definition) is 1. The fourth-order valence-electron chi connectivity index (χ4n) is 2.52. The first kappa shape index (κ1) is 14.8. The van der Waals surface area contributed by atoms with Gasteiger partial charge in [-0.1, -0.05) is 34.1 Å². The van der Waals surface area contributed by atoms with E-state index in [0.29, 0.717) is 6.54 Å². The van der Waals surface area contributed by atoms with Crippen molar-refractivity contribution in [1.29, 1.82) is 0 Å². The number of nitrogens with one attached hydrogen (secondary N) is 1. The molecule has 1 aliphatic heterocycles. The van der Waals surface area contributed by atoms with Crippen molar-refractivity contribution in [1.82, 2.24) is 0 Å². The van der Waals surface area contributed by atoms with E-state index in [4.69, 9.17) is 0 Å². The molecule has 0 aromatic heterocycles. The number of carbonyl (C=O) groups excluding carboxylic acids is 2. The number of para-hydroxylation sites is 1. The number of halogens is 1. The molecule has 1 heterocycles. The summed E-state index contributed by atoms with van der Waals surface area (Å²) < 4.78 is 0.960. The molecular weight excluding hydrogens is 344 g/mol. The highest BCUT2D eigenvalue weighted by Crippen LogP contribution is 2.27. The highest BCUT2D eigenvalue weighted by molar-refractivity contribution is 9.10. The van der Waals surface area contributed by atoms with Gasteiger partial charge in [0.05, 0.1) is 5.92 Å². The molecule has 2 aromatic carbocycles. The third-order valence-corrected chi connectivity index (χ3v) is 4.20. The van der Waals surface area contributed by atoms with Gasteiger partial charge in [-0.2, -0.15) is 0 Å². The second-order valence-corrected chi connectivity index (χ2v) is 6.15. The van der Waals surface area contributed by atoms with Crippen molar-refractivity contribution < 1.29 is 9.59 Å². The van der Waals surface area contributed by atoms with Gasteiger partial charge in [-0.05, 0) is 36.4 Å². The Hall–Kier alpha value is -2.14. The van der Waals surface area contributed by atoms with E-state index in [1.165, 1.54) is 0 Å². The maximum absolute atomic E-state index is 12.3. The highest BCUT2D eigenvalue weighted by Gasteiger charge is 2.35. The minimum absolute atomic E-state index is 0.0180. The molecular formula is C17H15BrN2O2. The van der Waals surface area contributed by atoms with Gasteiger partial charge in [0.2, 0.25) is 11.8 Å². The first-order chi connectivity index (χ1) is 10.6. The molecule has 1 atom stereocenters. The Morgan fingerprint density at radius 3 is 2.45 bits per heavy atom. The van der Waals surface area contributed by atoms with E-state index in [9.17, 15) is 9.59 Å². The normalized spacial score (nSPS) is 17.6. The van der Waals surface area contributed by atoms with Gasteiger partial charge in [-0.15, -0.1) is 0 Å². The topological polar surface area (TPSA) is 49.4 Å². The predicted octanol–water partition coefficient (Wildman–Crippen LogP) is 3.44. The van der Waals surface area contributed by atoms with E-state index in [-0.39, 0.29) is 24.2 Å². The van der Waals surface area contributed by atoms with Crippen LogP contribution in [0, 0.1) is 5.92 Å². The molecule has 0 bridgehead atoms. The Morgan fingerprint density at radius 1 is 1.09 bits per heavy atom. The van der Waals surface area contributed by atoms with Crippen molar-refractivity contribution >= 4 is 39.1 Å². The second kappa shape index (κ2) is 6.32. The third-order valence-electron chi connectivity index (χ3n) is 3.68. The second-order valence-electron chi connectivity index (χ2n) is 5.24. The summed E-state index contributed by atoms with van der Waals surface area (Å²) in [7, 11) is 0. The van der Waals surface area contributed by atoms with E-state index >= 15 is 0 Å². The number of amides is 2. The number of carbonyl (C=O) groups is 2. The Bertz CT molecular complexity index is 686. The van der Waals surface area contributed by atoms with Crippen LogP contribution in [0.3, 0.4) is 0 Å². The molecule has 3 rings (SSSR count). The molecule has 0 unspecified atom stereocenters. The van der Waals surface area contributed by atoms with Gasteiger partial charge < -0.3 is 10.2 Å². The van der Waals surface area contributed by atoms with Gasteiger partial charge in [0.1, 0.15) is 0 Å². The van der Waals surface area contributed by atoms with Crippen LogP contribution < -0.4 is 10.2 Å². The lowest BCUT2D eigenvalue weighted by Crippen LogP contribution is -2.28. The first-order valence-electron chi connectivity index (χ1n) is 7.05. The van der Waals surface area contributed by atoms with E-state index in [1.807, 2.05) is 54.6 Å². The smallest absolute Gasteiger partial charge is 0.229 e. The van der Waals surface area contributed by atoms with Crippen molar-refractivity contribution in [3.8, 4) is 0 Å². The van der Waals surface area contributed by atoms with Crippen LogP contribution >= 0.6 is 15.9 Å². The lowest BCUT2D eigenvalue weighted by atomic mass is 10.1. The molecule has 22 heavy (non-hydrogen) atoms. The largest absolute Gasteiger partial charge is 0.326 e. The Kier molecular flexibility index (Phi) is 4.24. The molecule has 1 fully saturated rings. The molecule has 4 nitrogen and oxygen atoms in total. The summed E-state index contributed by atoms with van der Waals surface area (Å²) in [4.78, 5) is 26.1. The van der Waals surface area contributed by atoms with Gasteiger partial charge in [-0.3, -0.25) is 9.59 Å². The van der Waals surface area contributed by atoms with Crippen LogP contribution in [0.2, 0.25) is 0 Å². The van der Waals surface area contributed by atoms with Crippen LogP contribution in [0.15, 0.2) is 59.1 Å². The maximum Gasteiger partial charge on any atom is 0.229 e. The molecule has 1 aliphatic rings. The van der Waals surface area contributed by atoms with Gasteiger partial charge in [0, 0.05) is 28.8 Å². The summed E-state index contributed by atoms with van der Waals surface area (Å²) in [6.07, 6.45) is 0.245. The number of hydrogen-bond acceptors (Lipinski definition) is 2. The van der Waals surface area contributed by atoms with Gasteiger partial charge in [-0.25, -0.2) is 0 Å². The lowest BCUT2D eigenvalue weighted by molar-refractivity contribution is -0.122. The first-order valence-corrected chi connectivity index (χ1v) is 7.84. The van der Waals surface area contributed by atoms with Crippen LogP contribution in [0.5, 0.6) is 0 Å². The van der Waals surface area contributed by atoms with Crippen LogP contribution in [0.4, 0.5) is 11.4 Å². The standard InChI is InChI=1S/C17H15BrN2O2/c18-13-6-8-15(9-7-13)20-11-12(10-16(20)21)17(22)19-14-4-2-1-3-5-14/h1-9,12H,10-11H2,(H,19,22)/t12-/m1/s1. The molecule has 2 amide bonds. The molecule has 0 spiro atoms. The van der Waals surface area contributed by atoms with Crippen LogP contribution in [0.1, 0.15) is 6.42 Å². The fraction of sp³-hybridized carbons (Fsp3) is 0.176. The minimum Gasteiger partial charge on any atom is -0.326 e. The van der Waals surface area contributed by atoms with Crippen molar-refractivity contribution in [3.63, 3.8) is 0 Å². The zero-order chi connectivity index (χ0) is 15.5. The summed E-state index contributed by atoms with van der Waals surface area (Å²) in [6, 6.07) is 16.8. The highest BCUT2D eigenvalue weighted by atomic mass is 79.9. The predicted molar refractivity (Wildman–Crippen MR) is 89.7 cm³/mol. The molecule has 0 saturated carbocycles. The summed E-state index contributed by atoms with van der Waals surface area (Å²) >= 11 is 3.37. The maximum atomic E-state index is 12.3. The van der Waals surface area contributed by atoms with Crippen LogP contribution in [-0.2, 0) is 9.59 Å². The Balaban J connectivity index is 1.69.